The summed E-state index contributed by atoms with van der Waals surface area (Å²) < 4.78 is 23.6. The second-order valence-corrected chi connectivity index (χ2v) is 5.66. The van der Waals surface area contributed by atoms with Crippen LogP contribution in [-0.2, 0) is 10.0 Å². The fraction of sp³-hybridized carbons (Fsp3) is 1.00. The summed E-state index contributed by atoms with van der Waals surface area (Å²) in [5.74, 6) is 0.203. The number of hydrogen-bond donors (Lipinski definition) is 0. The lowest BCUT2D eigenvalue weighted by atomic mass is 10.6. The molecular formula is C12H31NO2S. The molecule has 0 aromatic rings. The van der Waals surface area contributed by atoms with Gasteiger partial charge in [-0.15, -0.1) is 0 Å². The molecule has 0 N–H and O–H groups in total. The quantitative estimate of drug-likeness (QED) is 0.769. The van der Waals surface area contributed by atoms with Gasteiger partial charge in [0.2, 0.25) is 10.0 Å². The van der Waals surface area contributed by atoms with Gasteiger partial charge in [-0.05, 0) is 6.92 Å². The molecule has 0 aromatic carbocycles. The number of hydrogen-bond acceptors (Lipinski definition) is 2. The molecule has 102 valence electrons. The third-order valence-electron chi connectivity index (χ3n) is 1.46. The van der Waals surface area contributed by atoms with Crippen molar-refractivity contribution in [2.24, 2.45) is 0 Å². The van der Waals surface area contributed by atoms with Gasteiger partial charge in [0.15, 0.2) is 0 Å². The Morgan fingerprint density at radius 2 is 1.00 bits per heavy atom. The molecular weight excluding hydrogens is 222 g/mol. The van der Waals surface area contributed by atoms with Gasteiger partial charge >= 0.3 is 0 Å². The SMILES string of the molecule is CCC.CCC.CCN(CC)S(=O)(=O)CC. The van der Waals surface area contributed by atoms with Gasteiger partial charge < -0.3 is 0 Å². The van der Waals surface area contributed by atoms with Crippen molar-refractivity contribution >= 4 is 10.0 Å². The monoisotopic (exact) mass is 253 g/mol. The third-order valence-corrected chi connectivity index (χ3v) is 3.50. The topological polar surface area (TPSA) is 37.4 Å². The third kappa shape index (κ3) is 13.9. The van der Waals surface area contributed by atoms with Gasteiger partial charge in [0.1, 0.15) is 0 Å². The molecule has 16 heavy (non-hydrogen) atoms. The summed E-state index contributed by atoms with van der Waals surface area (Å²) >= 11 is 0. The minimum atomic E-state index is -2.93. The van der Waals surface area contributed by atoms with Crippen molar-refractivity contribution in [1.82, 2.24) is 4.31 Å². The van der Waals surface area contributed by atoms with E-state index in [-0.39, 0.29) is 5.75 Å². The first-order valence-electron chi connectivity index (χ1n) is 6.39. The molecule has 0 radical (unpaired) electrons. The smallest absolute Gasteiger partial charge is 0.212 e. The van der Waals surface area contributed by atoms with E-state index in [1.54, 1.807) is 6.92 Å². The maximum atomic E-state index is 11.1. The Bertz CT molecular complexity index is 195. The standard InChI is InChI=1S/C6H15NO2S.2C3H8/c1-4-7(5-2)10(8,9)6-3;2*1-3-2/h4-6H2,1-3H3;2*3H2,1-2H3. The summed E-state index contributed by atoms with van der Waals surface area (Å²) in [4.78, 5) is 0. The maximum Gasteiger partial charge on any atom is 0.213 e. The molecule has 4 heteroatoms. The highest BCUT2D eigenvalue weighted by Gasteiger charge is 2.14. The van der Waals surface area contributed by atoms with Crippen LogP contribution in [0, 0.1) is 0 Å². The van der Waals surface area contributed by atoms with E-state index < -0.39 is 10.0 Å². The minimum absolute atomic E-state index is 0.203. The maximum absolute atomic E-state index is 11.1. The molecule has 0 heterocycles. The highest BCUT2D eigenvalue weighted by molar-refractivity contribution is 7.89. The molecule has 0 aliphatic carbocycles. The highest BCUT2D eigenvalue weighted by atomic mass is 32.2. The van der Waals surface area contributed by atoms with Crippen LogP contribution in [0.5, 0.6) is 0 Å². The zero-order chi connectivity index (χ0) is 13.6. The van der Waals surface area contributed by atoms with Crippen LogP contribution in [0.2, 0.25) is 0 Å². The lowest BCUT2D eigenvalue weighted by Gasteiger charge is -2.16. The first kappa shape index (κ1) is 21.2. The largest absolute Gasteiger partial charge is 0.213 e. The Kier molecular flexibility index (Phi) is 19.8. The number of nitrogens with zero attached hydrogens (tertiary/aromatic N) is 1. The van der Waals surface area contributed by atoms with Crippen molar-refractivity contribution in [1.29, 1.82) is 0 Å². The van der Waals surface area contributed by atoms with E-state index in [4.69, 9.17) is 0 Å². The molecule has 0 rings (SSSR count). The van der Waals surface area contributed by atoms with Crippen LogP contribution >= 0.6 is 0 Å². The summed E-state index contributed by atoms with van der Waals surface area (Å²) in [7, 11) is -2.93. The minimum Gasteiger partial charge on any atom is -0.212 e. The average Bonchev–Trinajstić information content (AvgIpc) is 2.21. The van der Waals surface area contributed by atoms with Crippen LogP contribution in [0.3, 0.4) is 0 Å². The molecule has 0 saturated heterocycles. The van der Waals surface area contributed by atoms with Gasteiger partial charge in [-0.3, -0.25) is 0 Å². The summed E-state index contributed by atoms with van der Waals surface area (Å²) in [5, 5.41) is 0. The molecule has 0 saturated carbocycles. The van der Waals surface area contributed by atoms with Gasteiger partial charge in [0.05, 0.1) is 5.75 Å². The van der Waals surface area contributed by atoms with Crippen LogP contribution in [0.4, 0.5) is 0 Å². The van der Waals surface area contributed by atoms with Gasteiger partial charge in [-0.2, -0.15) is 0 Å². The van der Waals surface area contributed by atoms with Gasteiger partial charge in [-0.1, -0.05) is 54.4 Å². The fourth-order valence-electron chi connectivity index (χ4n) is 0.800. The van der Waals surface area contributed by atoms with E-state index in [1.165, 1.54) is 17.1 Å². The molecule has 0 fully saturated rings. The molecule has 0 atom stereocenters. The van der Waals surface area contributed by atoms with Crippen LogP contribution in [0.1, 0.15) is 61.3 Å². The second kappa shape index (κ2) is 14.9. The van der Waals surface area contributed by atoms with E-state index in [9.17, 15) is 8.42 Å². The Morgan fingerprint density at radius 3 is 1.06 bits per heavy atom. The summed E-state index contributed by atoms with van der Waals surface area (Å²) in [6.45, 7) is 15.0. The molecule has 0 amide bonds. The summed E-state index contributed by atoms with van der Waals surface area (Å²) in [6.07, 6.45) is 2.50. The van der Waals surface area contributed by atoms with Crippen LogP contribution in [-0.4, -0.2) is 31.6 Å². The Morgan fingerprint density at radius 1 is 0.750 bits per heavy atom. The van der Waals surface area contributed by atoms with Crippen molar-refractivity contribution in [3.63, 3.8) is 0 Å². The van der Waals surface area contributed by atoms with Crippen molar-refractivity contribution in [2.45, 2.75) is 61.3 Å². The van der Waals surface area contributed by atoms with E-state index in [0.29, 0.717) is 13.1 Å². The molecule has 0 aliphatic rings. The molecule has 0 spiro atoms. The molecule has 0 unspecified atom stereocenters. The van der Waals surface area contributed by atoms with Crippen molar-refractivity contribution < 1.29 is 8.42 Å². The summed E-state index contributed by atoms with van der Waals surface area (Å²) in [5.41, 5.74) is 0. The Balaban J connectivity index is -0.000000235. The highest BCUT2D eigenvalue weighted by Crippen LogP contribution is 1.98. The first-order valence-corrected chi connectivity index (χ1v) is 8.00. The lowest BCUT2D eigenvalue weighted by Crippen LogP contribution is -2.31. The van der Waals surface area contributed by atoms with E-state index in [0.717, 1.165) is 0 Å². The summed E-state index contributed by atoms with van der Waals surface area (Å²) in [6, 6.07) is 0. The van der Waals surface area contributed by atoms with Gasteiger partial charge in [-0.25, -0.2) is 12.7 Å². The second-order valence-electron chi connectivity index (χ2n) is 3.40. The Labute approximate surface area is 103 Å². The van der Waals surface area contributed by atoms with Gasteiger partial charge in [0.25, 0.3) is 0 Å². The van der Waals surface area contributed by atoms with E-state index >= 15 is 0 Å². The normalized spacial score (nSPS) is 10.0. The molecule has 0 aromatic heterocycles. The lowest BCUT2D eigenvalue weighted by molar-refractivity contribution is 0.446. The van der Waals surface area contributed by atoms with Crippen LogP contribution in [0.25, 0.3) is 0 Å². The predicted octanol–water partition coefficient (Wildman–Crippen LogP) is 3.51. The predicted molar refractivity (Wildman–Crippen MR) is 74.3 cm³/mol. The van der Waals surface area contributed by atoms with Crippen molar-refractivity contribution in [3.8, 4) is 0 Å². The molecule has 3 nitrogen and oxygen atoms in total. The van der Waals surface area contributed by atoms with E-state index in [2.05, 4.69) is 27.7 Å². The van der Waals surface area contributed by atoms with Crippen LogP contribution in [0.15, 0.2) is 0 Å². The fourth-order valence-corrected chi connectivity index (χ4v) is 1.95. The molecule has 0 aliphatic heterocycles. The average molecular weight is 253 g/mol. The first-order chi connectivity index (χ1) is 7.41. The Hall–Kier alpha value is -0.0900. The zero-order valence-electron chi connectivity index (χ0n) is 12.2. The van der Waals surface area contributed by atoms with Crippen molar-refractivity contribution in [2.75, 3.05) is 18.8 Å². The molecule has 0 bridgehead atoms. The van der Waals surface area contributed by atoms with Crippen molar-refractivity contribution in [3.05, 3.63) is 0 Å². The van der Waals surface area contributed by atoms with E-state index in [1.807, 2.05) is 13.8 Å². The van der Waals surface area contributed by atoms with Crippen LogP contribution < -0.4 is 0 Å². The number of sulfonamides is 1. The zero-order valence-corrected chi connectivity index (χ0v) is 13.0. The van der Waals surface area contributed by atoms with Gasteiger partial charge in [0, 0.05) is 13.1 Å². The number of rotatable bonds is 4.